The lowest BCUT2D eigenvalue weighted by molar-refractivity contribution is -0.120. The minimum atomic E-state index is 0.289. The number of nitrogens with zero attached hydrogens (tertiary/aromatic N) is 2. The highest BCUT2D eigenvalue weighted by atomic mass is 16.2. The lowest BCUT2D eigenvalue weighted by Gasteiger charge is -2.37. The largest absolute Gasteiger partial charge is 0.320 e. The van der Waals surface area contributed by atoms with E-state index in [4.69, 9.17) is 0 Å². The third kappa shape index (κ3) is 5.31. The summed E-state index contributed by atoms with van der Waals surface area (Å²) in [5.74, 6) is 1.11. The number of piperidine rings is 1. The van der Waals surface area contributed by atoms with Gasteiger partial charge < -0.3 is 10.2 Å². The Bertz CT molecular complexity index is 534. The third-order valence-electron chi connectivity index (χ3n) is 6.11. The molecule has 1 saturated heterocycles. The summed E-state index contributed by atoms with van der Waals surface area (Å²) in [6, 6.07) is 10.7. The molecule has 1 N–H and O–H groups in total. The molecule has 1 saturated carbocycles. The quantitative estimate of drug-likeness (QED) is 0.809. The molecular formula is C22H35N3O. The van der Waals surface area contributed by atoms with Crippen LogP contribution in [-0.4, -0.2) is 50.1 Å². The summed E-state index contributed by atoms with van der Waals surface area (Å²) >= 11 is 0. The normalized spacial score (nSPS) is 20.2. The maximum atomic E-state index is 13.2. The van der Waals surface area contributed by atoms with Gasteiger partial charge in [0.1, 0.15) is 0 Å². The van der Waals surface area contributed by atoms with Crippen LogP contribution in [-0.2, 0) is 4.79 Å². The molecule has 0 aromatic heterocycles. The zero-order chi connectivity index (χ0) is 18.2. The van der Waals surface area contributed by atoms with Crippen LogP contribution in [0.1, 0.15) is 51.4 Å². The van der Waals surface area contributed by atoms with Gasteiger partial charge >= 0.3 is 0 Å². The standard InChI is InChI=1S/C22H35N3O/c1-23-15-12-19-13-16-24(17-14-19)18-22(26)25(20-8-4-2-5-9-20)21-10-6-3-7-11-21/h2,4-5,8-9,19,21,23H,3,6-7,10-18H2,1H3. The maximum Gasteiger partial charge on any atom is 0.241 e. The molecule has 1 aromatic rings. The minimum absolute atomic E-state index is 0.289. The van der Waals surface area contributed by atoms with Gasteiger partial charge in [0.15, 0.2) is 0 Å². The SMILES string of the molecule is CNCCC1CCN(CC(=O)N(c2ccccc2)C2CCCCC2)CC1. The van der Waals surface area contributed by atoms with Gasteiger partial charge in [-0.05, 0) is 76.8 Å². The van der Waals surface area contributed by atoms with Crippen molar-refractivity contribution in [1.29, 1.82) is 0 Å². The van der Waals surface area contributed by atoms with Crippen molar-refractivity contribution in [3.05, 3.63) is 30.3 Å². The summed E-state index contributed by atoms with van der Waals surface area (Å²) in [6.45, 7) is 3.80. The average Bonchev–Trinajstić information content (AvgIpc) is 2.69. The van der Waals surface area contributed by atoms with Crippen LogP contribution in [0, 0.1) is 5.92 Å². The monoisotopic (exact) mass is 357 g/mol. The van der Waals surface area contributed by atoms with E-state index in [-0.39, 0.29) is 5.91 Å². The zero-order valence-corrected chi connectivity index (χ0v) is 16.3. The summed E-state index contributed by atoms with van der Waals surface area (Å²) in [7, 11) is 2.03. The Hall–Kier alpha value is -1.39. The lowest BCUT2D eigenvalue weighted by Crippen LogP contribution is -2.48. The number of carbonyl (C=O) groups excluding carboxylic acids is 1. The molecule has 0 unspecified atom stereocenters. The fourth-order valence-corrected chi connectivity index (χ4v) is 4.54. The Morgan fingerprint density at radius 1 is 1.08 bits per heavy atom. The van der Waals surface area contributed by atoms with Gasteiger partial charge in [-0.25, -0.2) is 0 Å². The molecule has 0 atom stereocenters. The number of benzene rings is 1. The van der Waals surface area contributed by atoms with Crippen LogP contribution in [0.2, 0.25) is 0 Å². The average molecular weight is 358 g/mol. The number of nitrogens with one attached hydrogen (secondary N) is 1. The number of carbonyl (C=O) groups is 1. The molecule has 144 valence electrons. The topological polar surface area (TPSA) is 35.6 Å². The van der Waals surface area contributed by atoms with Crippen molar-refractivity contribution < 1.29 is 4.79 Å². The summed E-state index contributed by atoms with van der Waals surface area (Å²) in [6.07, 6.45) is 9.81. The second kappa shape index (κ2) is 10.1. The van der Waals surface area contributed by atoms with Crippen LogP contribution in [0.15, 0.2) is 30.3 Å². The zero-order valence-electron chi connectivity index (χ0n) is 16.3. The molecule has 4 heteroatoms. The van der Waals surface area contributed by atoms with Crippen molar-refractivity contribution in [2.45, 2.75) is 57.4 Å². The second-order valence-electron chi connectivity index (χ2n) is 8.00. The molecular weight excluding hydrogens is 322 g/mol. The van der Waals surface area contributed by atoms with E-state index in [1.807, 2.05) is 25.2 Å². The molecule has 1 aliphatic heterocycles. The first-order valence-corrected chi connectivity index (χ1v) is 10.5. The van der Waals surface area contributed by atoms with E-state index in [0.717, 1.165) is 44.1 Å². The van der Waals surface area contributed by atoms with Gasteiger partial charge in [-0.15, -0.1) is 0 Å². The Balaban J connectivity index is 1.59. The van der Waals surface area contributed by atoms with Crippen molar-refractivity contribution in [3.8, 4) is 0 Å². The van der Waals surface area contributed by atoms with Gasteiger partial charge in [0.2, 0.25) is 5.91 Å². The number of amides is 1. The molecule has 4 nitrogen and oxygen atoms in total. The summed E-state index contributed by atoms with van der Waals surface area (Å²) in [5.41, 5.74) is 1.08. The predicted molar refractivity (Wildman–Crippen MR) is 109 cm³/mol. The van der Waals surface area contributed by atoms with E-state index >= 15 is 0 Å². The van der Waals surface area contributed by atoms with E-state index in [1.165, 1.54) is 38.5 Å². The van der Waals surface area contributed by atoms with Crippen LogP contribution < -0.4 is 10.2 Å². The molecule has 3 rings (SSSR count). The molecule has 1 aliphatic carbocycles. The van der Waals surface area contributed by atoms with Gasteiger partial charge in [-0.2, -0.15) is 0 Å². The molecule has 0 bridgehead atoms. The van der Waals surface area contributed by atoms with Gasteiger partial charge in [0.05, 0.1) is 6.54 Å². The maximum absolute atomic E-state index is 13.2. The predicted octanol–water partition coefficient (Wildman–Crippen LogP) is 3.67. The van der Waals surface area contributed by atoms with Crippen molar-refractivity contribution >= 4 is 11.6 Å². The number of hydrogen-bond donors (Lipinski definition) is 1. The van der Waals surface area contributed by atoms with Crippen molar-refractivity contribution in [1.82, 2.24) is 10.2 Å². The molecule has 2 aliphatic rings. The molecule has 1 heterocycles. The number of rotatable bonds is 7. The number of para-hydroxylation sites is 1. The second-order valence-corrected chi connectivity index (χ2v) is 8.00. The molecule has 0 spiro atoms. The fourth-order valence-electron chi connectivity index (χ4n) is 4.54. The van der Waals surface area contributed by atoms with E-state index in [1.54, 1.807) is 0 Å². The smallest absolute Gasteiger partial charge is 0.241 e. The summed E-state index contributed by atoms with van der Waals surface area (Å²) in [4.78, 5) is 17.7. The molecule has 2 fully saturated rings. The van der Waals surface area contributed by atoms with E-state index in [0.29, 0.717) is 12.6 Å². The first-order chi connectivity index (χ1) is 12.8. The van der Waals surface area contributed by atoms with Crippen LogP contribution in [0.3, 0.4) is 0 Å². The highest BCUT2D eigenvalue weighted by Crippen LogP contribution is 2.28. The van der Waals surface area contributed by atoms with Crippen LogP contribution in [0.5, 0.6) is 0 Å². The Morgan fingerprint density at radius 3 is 2.42 bits per heavy atom. The van der Waals surface area contributed by atoms with E-state index in [9.17, 15) is 4.79 Å². The summed E-state index contributed by atoms with van der Waals surface area (Å²) < 4.78 is 0. The first-order valence-electron chi connectivity index (χ1n) is 10.5. The first kappa shape index (κ1) is 19.4. The fraction of sp³-hybridized carbons (Fsp3) is 0.682. The van der Waals surface area contributed by atoms with Crippen molar-refractivity contribution in [2.24, 2.45) is 5.92 Å². The molecule has 0 radical (unpaired) electrons. The number of hydrogen-bond acceptors (Lipinski definition) is 3. The lowest BCUT2D eigenvalue weighted by atomic mass is 9.92. The minimum Gasteiger partial charge on any atom is -0.320 e. The molecule has 26 heavy (non-hydrogen) atoms. The number of anilines is 1. The van der Waals surface area contributed by atoms with Gasteiger partial charge in [0, 0.05) is 11.7 Å². The van der Waals surface area contributed by atoms with Gasteiger partial charge in [0.25, 0.3) is 0 Å². The van der Waals surface area contributed by atoms with Crippen molar-refractivity contribution in [2.75, 3.05) is 38.1 Å². The third-order valence-corrected chi connectivity index (χ3v) is 6.11. The van der Waals surface area contributed by atoms with E-state index < -0.39 is 0 Å². The molecule has 1 aromatic carbocycles. The van der Waals surface area contributed by atoms with Crippen LogP contribution >= 0.6 is 0 Å². The summed E-state index contributed by atoms with van der Waals surface area (Å²) in [5, 5.41) is 3.25. The Morgan fingerprint density at radius 2 is 1.77 bits per heavy atom. The van der Waals surface area contributed by atoms with Gasteiger partial charge in [-0.1, -0.05) is 37.5 Å². The Labute approximate surface area is 158 Å². The Kier molecular flexibility index (Phi) is 7.51. The van der Waals surface area contributed by atoms with Crippen molar-refractivity contribution in [3.63, 3.8) is 0 Å². The highest BCUT2D eigenvalue weighted by Gasteiger charge is 2.29. The highest BCUT2D eigenvalue weighted by molar-refractivity contribution is 5.95. The van der Waals surface area contributed by atoms with E-state index in [2.05, 4.69) is 27.2 Å². The van der Waals surface area contributed by atoms with Crippen LogP contribution in [0.4, 0.5) is 5.69 Å². The number of likely N-dealkylation sites (tertiary alicyclic amines) is 1. The van der Waals surface area contributed by atoms with Crippen LogP contribution in [0.25, 0.3) is 0 Å². The molecule has 1 amide bonds. The van der Waals surface area contributed by atoms with Gasteiger partial charge in [-0.3, -0.25) is 9.69 Å².